The van der Waals surface area contributed by atoms with E-state index >= 15 is 0 Å². The molecule has 2 atom stereocenters. The van der Waals surface area contributed by atoms with Crippen LogP contribution in [0.15, 0.2) is 0 Å². The standard InChI is InChI=1S/C11H17N3O2/c1-6-5-7(2)14-10(12-6)9(8(3)13-14)11(15)16-4/h6-7,12H,5H2,1-4H3. The summed E-state index contributed by atoms with van der Waals surface area (Å²) in [6.45, 7) is 6.04. The number of anilines is 1. The Morgan fingerprint density at radius 3 is 2.88 bits per heavy atom. The van der Waals surface area contributed by atoms with Gasteiger partial charge < -0.3 is 10.1 Å². The summed E-state index contributed by atoms with van der Waals surface area (Å²) < 4.78 is 6.66. The molecule has 1 aromatic rings. The number of fused-ring (bicyclic) bond motifs is 1. The molecule has 0 aromatic carbocycles. The fraction of sp³-hybridized carbons (Fsp3) is 0.636. The lowest BCUT2D eigenvalue weighted by Gasteiger charge is -2.28. The van der Waals surface area contributed by atoms with Crippen LogP contribution < -0.4 is 5.32 Å². The summed E-state index contributed by atoms with van der Waals surface area (Å²) in [7, 11) is 1.39. The monoisotopic (exact) mass is 223 g/mol. The van der Waals surface area contributed by atoms with E-state index in [-0.39, 0.29) is 5.97 Å². The first-order chi connectivity index (χ1) is 7.54. The number of carbonyl (C=O) groups excluding carboxylic acids is 1. The quantitative estimate of drug-likeness (QED) is 0.737. The third-order valence-corrected chi connectivity index (χ3v) is 2.97. The minimum Gasteiger partial charge on any atom is -0.465 e. The zero-order chi connectivity index (χ0) is 11.9. The molecule has 0 saturated heterocycles. The molecule has 0 aliphatic carbocycles. The first kappa shape index (κ1) is 11.0. The number of ether oxygens (including phenoxy) is 1. The van der Waals surface area contributed by atoms with E-state index in [0.717, 1.165) is 17.9 Å². The highest BCUT2D eigenvalue weighted by molar-refractivity contribution is 5.96. The highest BCUT2D eigenvalue weighted by atomic mass is 16.5. The van der Waals surface area contributed by atoms with Crippen molar-refractivity contribution in [1.29, 1.82) is 0 Å². The van der Waals surface area contributed by atoms with Gasteiger partial charge in [0.2, 0.25) is 0 Å². The molecule has 0 fully saturated rings. The van der Waals surface area contributed by atoms with Gasteiger partial charge in [-0.2, -0.15) is 5.10 Å². The van der Waals surface area contributed by atoms with Crippen molar-refractivity contribution < 1.29 is 9.53 Å². The lowest BCUT2D eigenvalue weighted by molar-refractivity contribution is 0.0601. The van der Waals surface area contributed by atoms with Crippen LogP contribution in [0.1, 0.15) is 42.4 Å². The minimum atomic E-state index is -0.326. The Morgan fingerprint density at radius 1 is 1.56 bits per heavy atom. The molecule has 2 unspecified atom stereocenters. The molecule has 0 bridgehead atoms. The summed E-state index contributed by atoms with van der Waals surface area (Å²) in [5.74, 6) is 0.461. The molecule has 0 radical (unpaired) electrons. The van der Waals surface area contributed by atoms with E-state index in [1.165, 1.54) is 7.11 Å². The fourth-order valence-corrected chi connectivity index (χ4v) is 2.26. The number of rotatable bonds is 1. The summed E-state index contributed by atoms with van der Waals surface area (Å²) in [5.41, 5.74) is 1.27. The normalized spacial score (nSPS) is 23.5. The number of esters is 1. The molecule has 2 rings (SSSR count). The van der Waals surface area contributed by atoms with Crippen molar-refractivity contribution in [2.24, 2.45) is 0 Å². The second-order valence-electron chi connectivity index (χ2n) is 4.38. The van der Waals surface area contributed by atoms with Crippen molar-refractivity contribution in [2.75, 3.05) is 12.4 Å². The van der Waals surface area contributed by atoms with Gasteiger partial charge in [0.25, 0.3) is 0 Å². The number of aromatic nitrogens is 2. The summed E-state index contributed by atoms with van der Waals surface area (Å²) in [4.78, 5) is 11.7. The molecule has 5 nitrogen and oxygen atoms in total. The van der Waals surface area contributed by atoms with Gasteiger partial charge in [-0.05, 0) is 27.2 Å². The summed E-state index contributed by atoms with van der Waals surface area (Å²) in [5, 5.41) is 7.68. The van der Waals surface area contributed by atoms with Crippen molar-refractivity contribution in [3.05, 3.63) is 11.3 Å². The number of methoxy groups -OCH3 is 1. The van der Waals surface area contributed by atoms with E-state index in [4.69, 9.17) is 4.74 Å². The van der Waals surface area contributed by atoms with E-state index in [1.807, 2.05) is 11.6 Å². The third-order valence-electron chi connectivity index (χ3n) is 2.97. The molecular formula is C11H17N3O2. The average molecular weight is 223 g/mol. The van der Waals surface area contributed by atoms with Crippen LogP contribution in [-0.4, -0.2) is 28.9 Å². The second-order valence-corrected chi connectivity index (χ2v) is 4.38. The Labute approximate surface area is 94.8 Å². The van der Waals surface area contributed by atoms with Crippen LogP contribution in [0.25, 0.3) is 0 Å². The maximum absolute atomic E-state index is 11.7. The van der Waals surface area contributed by atoms with Crippen LogP contribution in [0, 0.1) is 6.92 Å². The molecule has 0 spiro atoms. The Hall–Kier alpha value is -1.52. The van der Waals surface area contributed by atoms with Gasteiger partial charge in [0.15, 0.2) is 0 Å². The van der Waals surface area contributed by atoms with Gasteiger partial charge in [0, 0.05) is 6.04 Å². The molecule has 0 amide bonds. The van der Waals surface area contributed by atoms with Crippen LogP contribution >= 0.6 is 0 Å². The summed E-state index contributed by atoms with van der Waals surface area (Å²) in [6, 6.07) is 0.658. The summed E-state index contributed by atoms with van der Waals surface area (Å²) in [6.07, 6.45) is 1.01. The van der Waals surface area contributed by atoms with E-state index in [0.29, 0.717) is 17.6 Å². The molecule has 1 aromatic heterocycles. The van der Waals surface area contributed by atoms with Gasteiger partial charge in [-0.25, -0.2) is 9.48 Å². The lowest BCUT2D eigenvalue weighted by atomic mass is 10.1. The second kappa shape index (κ2) is 3.81. The SMILES string of the molecule is COC(=O)c1c(C)nn2c1NC(C)CC2C. The number of hydrogen-bond acceptors (Lipinski definition) is 4. The highest BCUT2D eigenvalue weighted by Crippen LogP contribution is 2.31. The number of carbonyl (C=O) groups is 1. The molecule has 1 aliphatic rings. The van der Waals surface area contributed by atoms with Crippen LogP contribution in [0.2, 0.25) is 0 Å². The van der Waals surface area contributed by atoms with Crippen LogP contribution in [0.4, 0.5) is 5.82 Å². The number of aryl methyl sites for hydroxylation is 1. The van der Waals surface area contributed by atoms with Crippen molar-refractivity contribution >= 4 is 11.8 Å². The van der Waals surface area contributed by atoms with Gasteiger partial charge in [-0.3, -0.25) is 0 Å². The van der Waals surface area contributed by atoms with Crippen LogP contribution in [-0.2, 0) is 4.74 Å². The van der Waals surface area contributed by atoms with Crippen molar-refractivity contribution in [2.45, 2.75) is 39.3 Å². The zero-order valence-electron chi connectivity index (χ0n) is 10.1. The van der Waals surface area contributed by atoms with Gasteiger partial charge in [0.1, 0.15) is 11.4 Å². The predicted octanol–water partition coefficient (Wildman–Crippen LogP) is 1.74. The Morgan fingerprint density at radius 2 is 2.25 bits per heavy atom. The number of hydrogen-bond donors (Lipinski definition) is 1. The first-order valence-electron chi connectivity index (χ1n) is 5.48. The first-order valence-corrected chi connectivity index (χ1v) is 5.48. The number of nitrogens with one attached hydrogen (secondary N) is 1. The molecule has 5 heteroatoms. The molecular weight excluding hydrogens is 206 g/mol. The zero-order valence-corrected chi connectivity index (χ0v) is 10.1. The molecule has 2 heterocycles. The maximum Gasteiger partial charge on any atom is 0.343 e. The average Bonchev–Trinajstić information content (AvgIpc) is 2.54. The molecule has 0 saturated carbocycles. The number of nitrogens with zero attached hydrogens (tertiary/aromatic N) is 2. The van der Waals surface area contributed by atoms with E-state index < -0.39 is 0 Å². The topological polar surface area (TPSA) is 56.1 Å². The van der Waals surface area contributed by atoms with Gasteiger partial charge in [0.05, 0.1) is 18.8 Å². The predicted molar refractivity (Wildman–Crippen MR) is 60.7 cm³/mol. The van der Waals surface area contributed by atoms with Crippen molar-refractivity contribution in [1.82, 2.24) is 9.78 Å². The van der Waals surface area contributed by atoms with Crippen LogP contribution in [0.5, 0.6) is 0 Å². The lowest BCUT2D eigenvalue weighted by Crippen LogP contribution is -2.29. The van der Waals surface area contributed by atoms with Crippen LogP contribution in [0.3, 0.4) is 0 Å². The van der Waals surface area contributed by atoms with Gasteiger partial charge >= 0.3 is 5.97 Å². The Bertz CT molecular complexity index is 425. The molecule has 88 valence electrons. The molecule has 1 N–H and O–H groups in total. The minimum absolute atomic E-state index is 0.309. The molecule has 16 heavy (non-hydrogen) atoms. The van der Waals surface area contributed by atoms with E-state index in [9.17, 15) is 4.79 Å². The van der Waals surface area contributed by atoms with Gasteiger partial charge in [-0.1, -0.05) is 0 Å². The third kappa shape index (κ3) is 1.56. The van der Waals surface area contributed by atoms with Crippen molar-refractivity contribution in [3.63, 3.8) is 0 Å². The largest absolute Gasteiger partial charge is 0.465 e. The van der Waals surface area contributed by atoms with E-state index in [2.05, 4.69) is 24.3 Å². The smallest absolute Gasteiger partial charge is 0.343 e. The van der Waals surface area contributed by atoms with Gasteiger partial charge in [-0.15, -0.1) is 0 Å². The Balaban J connectivity index is 2.51. The summed E-state index contributed by atoms with van der Waals surface area (Å²) >= 11 is 0. The maximum atomic E-state index is 11.7. The van der Waals surface area contributed by atoms with E-state index in [1.54, 1.807) is 0 Å². The van der Waals surface area contributed by atoms with Crippen molar-refractivity contribution in [3.8, 4) is 0 Å². The highest BCUT2D eigenvalue weighted by Gasteiger charge is 2.29. The Kier molecular flexibility index (Phi) is 2.61. The fourth-order valence-electron chi connectivity index (χ4n) is 2.26. The molecule has 1 aliphatic heterocycles.